The molecule has 1 aliphatic rings. The van der Waals surface area contributed by atoms with Crippen molar-refractivity contribution in [3.8, 4) is 5.75 Å². The summed E-state index contributed by atoms with van der Waals surface area (Å²) in [5.41, 5.74) is 0.671. The molecule has 0 aliphatic carbocycles. The molecular formula is C13H17FNO. The van der Waals surface area contributed by atoms with Crippen LogP contribution in [0.4, 0.5) is 4.39 Å². The van der Waals surface area contributed by atoms with Gasteiger partial charge in [0.2, 0.25) is 0 Å². The van der Waals surface area contributed by atoms with Crippen LogP contribution in [0, 0.1) is 12.7 Å². The van der Waals surface area contributed by atoms with Gasteiger partial charge in [-0.15, -0.1) is 0 Å². The highest BCUT2D eigenvalue weighted by Crippen LogP contribution is 2.18. The first kappa shape index (κ1) is 11.4. The fourth-order valence-corrected chi connectivity index (χ4v) is 1.95. The minimum absolute atomic E-state index is 0.325. The molecule has 0 bridgehead atoms. The number of hydrogen-bond donors (Lipinski definition) is 0. The average molecular weight is 222 g/mol. The van der Waals surface area contributed by atoms with Gasteiger partial charge < -0.3 is 4.74 Å². The standard InChI is InChI=1S/C13H17FNO/c1-11-4-5-13(12(14)10-11)16-9-8-15-6-2-3-7-15/h4-5,10H,1-3,6-9H2. The van der Waals surface area contributed by atoms with Gasteiger partial charge in [-0.2, -0.15) is 0 Å². The van der Waals surface area contributed by atoms with E-state index >= 15 is 0 Å². The first-order valence-corrected chi connectivity index (χ1v) is 5.72. The van der Waals surface area contributed by atoms with E-state index in [2.05, 4.69) is 11.8 Å². The molecule has 1 aromatic carbocycles. The maximum absolute atomic E-state index is 13.4. The van der Waals surface area contributed by atoms with E-state index < -0.39 is 0 Å². The minimum Gasteiger partial charge on any atom is -0.489 e. The van der Waals surface area contributed by atoms with Gasteiger partial charge in [-0.25, -0.2) is 4.39 Å². The molecule has 1 aromatic rings. The van der Waals surface area contributed by atoms with Crippen LogP contribution < -0.4 is 4.74 Å². The zero-order chi connectivity index (χ0) is 11.4. The average Bonchev–Trinajstić information content (AvgIpc) is 2.74. The lowest BCUT2D eigenvalue weighted by Gasteiger charge is -2.15. The summed E-state index contributed by atoms with van der Waals surface area (Å²) in [4.78, 5) is 2.34. The Morgan fingerprint density at radius 2 is 2.06 bits per heavy atom. The third-order valence-corrected chi connectivity index (χ3v) is 2.86. The highest BCUT2D eigenvalue weighted by molar-refractivity contribution is 5.30. The molecule has 0 unspecified atom stereocenters. The maximum atomic E-state index is 13.4. The van der Waals surface area contributed by atoms with Gasteiger partial charge >= 0.3 is 0 Å². The van der Waals surface area contributed by atoms with Crippen LogP contribution in [0.15, 0.2) is 18.2 Å². The lowest BCUT2D eigenvalue weighted by molar-refractivity contribution is 0.231. The van der Waals surface area contributed by atoms with Crippen molar-refractivity contribution in [1.29, 1.82) is 0 Å². The Labute approximate surface area is 96.0 Å². The molecule has 1 heterocycles. The van der Waals surface area contributed by atoms with Crippen molar-refractivity contribution in [3.05, 3.63) is 36.5 Å². The van der Waals surface area contributed by atoms with Gasteiger partial charge in [0.1, 0.15) is 6.61 Å². The Morgan fingerprint density at radius 3 is 2.75 bits per heavy atom. The monoisotopic (exact) mass is 222 g/mol. The first-order valence-electron chi connectivity index (χ1n) is 5.72. The molecule has 2 nitrogen and oxygen atoms in total. The molecule has 0 aromatic heterocycles. The van der Waals surface area contributed by atoms with E-state index in [1.54, 1.807) is 12.1 Å². The number of likely N-dealkylation sites (tertiary alicyclic amines) is 1. The molecule has 87 valence electrons. The highest BCUT2D eigenvalue weighted by atomic mass is 19.1. The quantitative estimate of drug-likeness (QED) is 0.776. The summed E-state index contributed by atoms with van der Waals surface area (Å²) in [5, 5.41) is 0. The third-order valence-electron chi connectivity index (χ3n) is 2.86. The van der Waals surface area contributed by atoms with E-state index in [1.165, 1.54) is 18.9 Å². The minimum atomic E-state index is -0.325. The van der Waals surface area contributed by atoms with Crippen molar-refractivity contribution in [1.82, 2.24) is 4.90 Å². The van der Waals surface area contributed by atoms with Crippen LogP contribution in [0.5, 0.6) is 5.75 Å². The van der Waals surface area contributed by atoms with Gasteiger partial charge in [-0.05, 0) is 50.6 Å². The second-order valence-electron chi connectivity index (χ2n) is 4.16. The number of rotatable bonds is 4. The summed E-state index contributed by atoms with van der Waals surface area (Å²) < 4.78 is 18.8. The fourth-order valence-electron chi connectivity index (χ4n) is 1.95. The van der Waals surface area contributed by atoms with Crippen LogP contribution in [0.2, 0.25) is 0 Å². The lowest BCUT2D eigenvalue weighted by atomic mass is 10.2. The Balaban J connectivity index is 1.80. The number of halogens is 1. The Morgan fingerprint density at radius 1 is 1.31 bits per heavy atom. The van der Waals surface area contributed by atoms with Gasteiger partial charge in [0, 0.05) is 6.54 Å². The fraction of sp³-hybridized carbons (Fsp3) is 0.462. The maximum Gasteiger partial charge on any atom is 0.165 e. The largest absolute Gasteiger partial charge is 0.489 e. The number of benzene rings is 1. The number of hydrogen-bond acceptors (Lipinski definition) is 2. The van der Waals surface area contributed by atoms with Crippen LogP contribution in [-0.2, 0) is 0 Å². The second-order valence-corrected chi connectivity index (χ2v) is 4.16. The third kappa shape index (κ3) is 2.95. The second kappa shape index (κ2) is 5.30. The van der Waals surface area contributed by atoms with Crippen LogP contribution in [0.3, 0.4) is 0 Å². The van der Waals surface area contributed by atoms with Crippen LogP contribution in [0.1, 0.15) is 18.4 Å². The van der Waals surface area contributed by atoms with E-state index in [0.717, 1.165) is 19.6 Å². The predicted octanol–water partition coefficient (Wildman–Crippen LogP) is 2.48. The molecule has 2 rings (SSSR count). The molecular weight excluding hydrogens is 205 g/mol. The molecule has 1 saturated heterocycles. The summed E-state index contributed by atoms with van der Waals surface area (Å²) in [6.45, 7) is 7.38. The van der Waals surface area contributed by atoms with E-state index in [1.807, 2.05) is 0 Å². The van der Waals surface area contributed by atoms with Crippen molar-refractivity contribution in [2.75, 3.05) is 26.2 Å². The summed E-state index contributed by atoms with van der Waals surface area (Å²) in [6.07, 6.45) is 2.54. The molecule has 1 fully saturated rings. The molecule has 1 radical (unpaired) electrons. The summed E-state index contributed by atoms with van der Waals surface area (Å²) >= 11 is 0. The van der Waals surface area contributed by atoms with Crippen molar-refractivity contribution in [2.45, 2.75) is 12.8 Å². The Kier molecular flexibility index (Phi) is 3.78. The van der Waals surface area contributed by atoms with E-state index in [-0.39, 0.29) is 5.82 Å². The molecule has 16 heavy (non-hydrogen) atoms. The number of nitrogens with zero attached hydrogens (tertiary/aromatic N) is 1. The predicted molar refractivity (Wildman–Crippen MR) is 62.0 cm³/mol. The molecule has 0 amide bonds. The summed E-state index contributed by atoms with van der Waals surface area (Å²) in [6, 6.07) is 4.79. The SMILES string of the molecule is [CH2]c1ccc(OCCN2CCCC2)c(F)c1. The van der Waals surface area contributed by atoms with Gasteiger partial charge in [-0.3, -0.25) is 4.90 Å². The van der Waals surface area contributed by atoms with Crippen LogP contribution in [-0.4, -0.2) is 31.1 Å². The molecule has 1 aliphatic heterocycles. The van der Waals surface area contributed by atoms with E-state index in [9.17, 15) is 4.39 Å². The topological polar surface area (TPSA) is 12.5 Å². The molecule has 0 atom stereocenters. The molecule has 0 N–H and O–H groups in total. The van der Waals surface area contributed by atoms with Gasteiger partial charge in [0.25, 0.3) is 0 Å². The number of ether oxygens (including phenoxy) is 1. The molecule has 0 spiro atoms. The van der Waals surface area contributed by atoms with Crippen molar-refractivity contribution in [3.63, 3.8) is 0 Å². The smallest absolute Gasteiger partial charge is 0.165 e. The molecule has 0 saturated carbocycles. The Hall–Kier alpha value is -1.09. The normalized spacial score (nSPS) is 16.6. The van der Waals surface area contributed by atoms with Crippen molar-refractivity contribution in [2.24, 2.45) is 0 Å². The summed E-state index contributed by atoms with van der Waals surface area (Å²) in [5.74, 6) is 0.000480. The summed E-state index contributed by atoms with van der Waals surface area (Å²) in [7, 11) is 0. The van der Waals surface area contributed by atoms with Crippen molar-refractivity contribution < 1.29 is 9.13 Å². The van der Waals surface area contributed by atoms with Crippen LogP contribution >= 0.6 is 0 Å². The van der Waals surface area contributed by atoms with E-state index in [4.69, 9.17) is 4.74 Å². The van der Waals surface area contributed by atoms with E-state index in [0.29, 0.717) is 17.9 Å². The van der Waals surface area contributed by atoms with Gasteiger partial charge in [-0.1, -0.05) is 6.07 Å². The van der Waals surface area contributed by atoms with Crippen molar-refractivity contribution >= 4 is 0 Å². The Bertz CT molecular complexity index is 348. The zero-order valence-corrected chi connectivity index (χ0v) is 9.42. The first-order chi connectivity index (χ1) is 7.75. The zero-order valence-electron chi connectivity index (χ0n) is 9.42. The molecule has 3 heteroatoms. The van der Waals surface area contributed by atoms with Gasteiger partial charge in [0.15, 0.2) is 11.6 Å². The van der Waals surface area contributed by atoms with Gasteiger partial charge in [0.05, 0.1) is 0 Å². The highest BCUT2D eigenvalue weighted by Gasteiger charge is 2.11. The van der Waals surface area contributed by atoms with Crippen LogP contribution in [0.25, 0.3) is 0 Å². The lowest BCUT2D eigenvalue weighted by Crippen LogP contribution is -2.25.